The Morgan fingerprint density at radius 3 is 2.87 bits per heavy atom. The number of hydrogen-bond donors (Lipinski definition) is 1. The van der Waals surface area contributed by atoms with Gasteiger partial charge < -0.3 is 14.9 Å². The van der Waals surface area contributed by atoms with Gasteiger partial charge in [-0.15, -0.1) is 11.3 Å². The van der Waals surface area contributed by atoms with Gasteiger partial charge >= 0.3 is 5.97 Å². The number of nitrogens with zero attached hydrogens (tertiary/aromatic N) is 2. The van der Waals surface area contributed by atoms with Gasteiger partial charge in [-0.1, -0.05) is 12.1 Å². The molecule has 1 unspecified atom stereocenters. The fourth-order valence-electron chi connectivity index (χ4n) is 3.81. The lowest BCUT2D eigenvalue weighted by molar-refractivity contribution is 0.0696. The third-order valence-corrected chi connectivity index (χ3v) is 5.81. The van der Waals surface area contributed by atoms with E-state index in [9.17, 15) is 9.90 Å². The van der Waals surface area contributed by atoms with E-state index in [0.29, 0.717) is 18.2 Å². The molecule has 0 amide bonds. The summed E-state index contributed by atoms with van der Waals surface area (Å²) in [5.41, 5.74) is 2.98. The number of carbonyl (C=O) groups is 1. The predicted octanol–water partition coefficient (Wildman–Crippen LogP) is 3.83. The van der Waals surface area contributed by atoms with E-state index in [1.54, 1.807) is 6.07 Å². The molecular weight excluding hydrogens is 308 g/mol. The molecule has 1 aromatic carbocycles. The van der Waals surface area contributed by atoms with Crippen LogP contribution in [0.15, 0.2) is 35.7 Å². The van der Waals surface area contributed by atoms with Crippen molar-refractivity contribution in [3.05, 3.63) is 46.2 Å². The summed E-state index contributed by atoms with van der Waals surface area (Å²) in [5, 5.41) is 11.2. The standard InChI is InChI=1S/C18H20N2O2S/c21-18(22)14-8-10-23-17(14)12-19-11-13-5-3-4-9-20(13)16-7-2-1-6-15(16)19/h1-2,6-8,10,13H,3-5,9,11-12H2,(H,21,22). The van der Waals surface area contributed by atoms with Gasteiger partial charge in [0, 0.05) is 24.0 Å². The number of thiophene rings is 1. The molecule has 4 rings (SSSR count). The van der Waals surface area contributed by atoms with Crippen molar-refractivity contribution in [2.45, 2.75) is 31.8 Å². The monoisotopic (exact) mass is 328 g/mol. The van der Waals surface area contributed by atoms with E-state index in [1.165, 1.54) is 42.0 Å². The van der Waals surface area contributed by atoms with Crippen LogP contribution < -0.4 is 9.80 Å². The molecule has 5 heteroatoms. The molecule has 1 fully saturated rings. The molecule has 3 heterocycles. The van der Waals surface area contributed by atoms with Gasteiger partial charge in [-0.05, 0) is 42.8 Å². The van der Waals surface area contributed by atoms with E-state index in [1.807, 2.05) is 5.38 Å². The molecule has 0 bridgehead atoms. The highest BCUT2D eigenvalue weighted by Crippen LogP contribution is 2.39. The first-order valence-corrected chi connectivity index (χ1v) is 9.02. The molecule has 0 radical (unpaired) electrons. The van der Waals surface area contributed by atoms with Crippen molar-refractivity contribution >= 4 is 28.7 Å². The lowest BCUT2D eigenvalue weighted by Gasteiger charge is -2.47. The van der Waals surface area contributed by atoms with Crippen molar-refractivity contribution in [3.63, 3.8) is 0 Å². The Kier molecular flexibility index (Phi) is 3.73. The van der Waals surface area contributed by atoms with E-state index in [4.69, 9.17) is 0 Å². The van der Waals surface area contributed by atoms with Crippen molar-refractivity contribution in [3.8, 4) is 0 Å². The number of fused-ring (bicyclic) bond motifs is 3. The first-order valence-electron chi connectivity index (χ1n) is 8.14. The van der Waals surface area contributed by atoms with E-state index < -0.39 is 5.97 Å². The number of benzene rings is 1. The molecule has 0 aliphatic carbocycles. The minimum atomic E-state index is -0.828. The summed E-state index contributed by atoms with van der Waals surface area (Å²) >= 11 is 1.54. The third kappa shape index (κ3) is 2.59. The summed E-state index contributed by atoms with van der Waals surface area (Å²) in [6, 6.07) is 10.8. The molecule has 2 aliphatic heterocycles. The van der Waals surface area contributed by atoms with Crippen LogP contribution in [0.5, 0.6) is 0 Å². The van der Waals surface area contributed by atoms with Crippen LogP contribution in [0.4, 0.5) is 11.4 Å². The van der Waals surface area contributed by atoms with Crippen LogP contribution in [0.3, 0.4) is 0 Å². The summed E-state index contributed by atoms with van der Waals surface area (Å²) in [6.07, 6.45) is 3.77. The van der Waals surface area contributed by atoms with Crippen molar-refractivity contribution in [1.82, 2.24) is 0 Å². The van der Waals surface area contributed by atoms with Gasteiger partial charge in [0.15, 0.2) is 0 Å². The molecule has 1 saturated heterocycles. The first kappa shape index (κ1) is 14.6. The molecule has 2 aromatic rings. The number of hydrogen-bond acceptors (Lipinski definition) is 4. The molecule has 0 spiro atoms. The summed E-state index contributed by atoms with van der Waals surface area (Å²) < 4.78 is 0. The lowest BCUT2D eigenvalue weighted by Crippen LogP contribution is -2.51. The van der Waals surface area contributed by atoms with Gasteiger partial charge in [0.2, 0.25) is 0 Å². The molecule has 120 valence electrons. The maximum Gasteiger partial charge on any atom is 0.336 e. The average Bonchev–Trinajstić information content (AvgIpc) is 3.03. The molecule has 4 nitrogen and oxygen atoms in total. The Morgan fingerprint density at radius 2 is 2.04 bits per heavy atom. The molecule has 23 heavy (non-hydrogen) atoms. The third-order valence-electron chi connectivity index (χ3n) is 4.90. The Hall–Kier alpha value is -2.01. The Morgan fingerprint density at radius 1 is 1.22 bits per heavy atom. The zero-order chi connectivity index (χ0) is 15.8. The van der Waals surface area contributed by atoms with Crippen LogP contribution in [0.2, 0.25) is 0 Å². The van der Waals surface area contributed by atoms with Crippen molar-refractivity contribution in [2.75, 3.05) is 22.9 Å². The van der Waals surface area contributed by atoms with Crippen LogP contribution >= 0.6 is 11.3 Å². The van der Waals surface area contributed by atoms with E-state index in [0.717, 1.165) is 18.0 Å². The lowest BCUT2D eigenvalue weighted by atomic mass is 9.97. The Bertz CT molecular complexity index is 727. The van der Waals surface area contributed by atoms with Gasteiger partial charge in [-0.2, -0.15) is 0 Å². The van der Waals surface area contributed by atoms with Crippen molar-refractivity contribution in [2.24, 2.45) is 0 Å². The summed E-state index contributed by atoms with van der Waals surface area (Å²) in [5.74, 6) is -0.828. The second kappa shape index (κ2) is 5.89. The largest absolute Gasteiger partial charge is 0.478 e. The molecule has 1 aromatic heterocycles. The van der Waals surface area contributed by atoms with Gasteiger partial charge in [-0.25, -0.2) is 4.79 Å². The highest BCUT2D eigenvalue weighted by Gasteiger charge is 2.32. The Labute approximate surface area is 140 Å². The summed E-state index contributed by atoms with van der Waals surface area (Å²) in [7, 11) is 0. The fraction of sp³-hybridized carbons (Fsp3) is 0.389. The second-order valence-electron chi connectivity index (χ2n) is 6.27. The van der Waals surface area contributed by atoms with Gasteiger partial charge in [0.1, 0.15) is 0 Å². The number of aromatic carboxylic acids is 1. The molecular formula is C18H20N2O2S. The van der Waals surface area contributed by atoms with Gasteiger partial charge in [0.05, 0.1) is 23.5 Å². The van der Waals surface area contributed by atoms with Crippen LogP contribution in [-0.4, -0.2) is 30.2 Å². The average molecular weight is 328 g/mol. The van der Waals surface area contributed by atoms with E-state index in [2.05, 4.69) is 34.1 Å². The maximum atomic E-state index is 11.4. The predicted molar refractivity (Wildman–Crippen MR) is 93.8 cm³/mol. The number of anilines is 2. The SMILES string of the molecule is O=C(O)c1ccsc1CN1CC2CCCCN2c2ccccc21. The Balaban J connectivity index is 1.68. The molecule has 1 atom stereocenters. The highest BCUT2D eigenvalue weighted by molar-refractivity contribution is 7.10. The van der Waals surface area contributed by atoms with Crippen LogP contribution in [0.25, 0.3) is 0 Å². The zero-order valence-electron chi connectivity index (χ0n) is 12.9. The van der Waals surface area contributed by atoms with E-state index in [-0.39, 0.29) is 0 Å². The number of carboxylic acid groups (broad SMARTS) is 1. The zero-order valence-corrected chi connectivity index (χ0v) is 13.8. The van der Waals surface area contributed by atoms with Gasteiger partial charge in [0.25, 0.3) is 0 Å². The summed E-state index contributed by atoms with van der Waals surface area (Å²) in [6.45, 7) is 2.80. The van der Waals surface area contributed by atoms with Crippen molar-refractivity contribution in [1.29, 1.82) is 0 Å². The normalized spacial score (nSPS) is 20.1. The van der Waals surface area contributed by atoms with E-state index >= 15 is 0 Å². The second-order valence-corrected chi connectivity index (χ2v) is 7.28. The van der Waals surface area contributed by atoms with Crippen LogP contribution in [0, 0.1) is 0 Å². The smallest absolute Gasteiger partial charge is 0.336 e. The number of para-hydroxylation sites is 2. The first-order chi connectivity index (χ1) is 11.2. The van der Waals surface area contributed by atoms with Gasteiger partial charge in [-0.3, -0.25) is 0 Å². The number of carboxylic acids is 1. The van der Waals surface area contributed by atoms with Crippen LogP contribution in [-0.2, 0) is 6.54 Å². The highest BCUT2D eigenvalue weighted by atomic mass is 32.1. The molecule has 0 saturated carbocycles. The van der Waals surface area contributed by atoms with Crippen LogP contribution in [0.1, 0.15) is 34.5 Å². The maximum absolute atomic E-state index is 11.4. The minimum absolute atomic E-state index is 0.443. The number of rotatable bonds is 3. The topological polar surface area (TPSA) is 43.8 Å². The number of piperidine rings is 1. The summed E-state index contributed by atoms with van der Waals surface area (Å²) in [4.78, 5) is 17.2. The van der Waals surface area contributed by atoms with Crippen molar-refractivity contribution < 1.29 is 9.90 Å². The quantitative estimate of drug-likeness (QED) is 0.930. The minimum Gasteiger partial charge on any atom is -0.478 e. The molecule has 2 aliphatic rings. The molecule has 1 N–H and O–H groups in total. The fourth-order valence-corrected chi connectivity index (χ4v) is 4.69.